The molecule has 0 aliphatic carbocycles. The van der Waals surface area contributed by atoms with E-state index in [4.69, 9.17) is 42.1 Å². The lowest BCUT2D eigenvalue weighted by Gasteiger charge is -2.34. The molecule has 0 saturated carbocycles. The summed E-state index contributed by atoms with van der Waals surface area (Å²) in [6.07, 6.45) is 6.02. The first-order valence-electron chi connectivity index (χ1n) is 21.4. The molecule has 16 nitrogen and oxygen atoms in total. The van der Waals surface area contributed by atoms with Gasteiger partial charge in [0.25, 0.3) is 5.91 Å². The van der Waals surface area contributed by atoms with Crippen LogP contribution in [0.5, 0.6) is 23.0 Å². The maximum Gasteiger partial charge on any atom is 0.257 e. The van der Waals surface area contributed by atoms with E-state index >= 15 is 0 Å². The molecule has 7 rings (SSSR count). The highest BCUT2D eigenvalue weighted by Crippen LogP contribution is 2.42. The summed E-state index contributed by atoms with van der Waals surface area (Å²) in [5.74, 6) is 0.576. The summed E-state index contributed by atoms with van der Waals surface area (Å²) in [4.78, 5) is 60.1. The number of rotatable bonds is 19. The van der Waals surface area contributed by atoms with Crippen LogP contribution in [0.25, 0.3) is 10.9 Å². The lowest BCUT2D eigenvalue weighted by molar-refractivity contribution is -0.139. The fraction of sp³-hybridized carbons (Fsp3) is 0.435. The highest BCUT2D eigenvalue weighted by atomic mass is 35.5. The number of ether oxygens (including phenoxy) is 4. The average molecular weight is 917 g/mol. The van der Waals surface area contributed by atoms with Gasteiger partial charge in [0, 0.05) is 69.3 Å². The van der Waals surface area contributed by atoms with Gasteiger partial charge in [-0.1, -0.05) is 48.5 Å². The average Bonchev–Trinajstić information content (AvgIpc) is 3.55. The Labute approximate surface area is 381 Å². The SMILES string of the molecule is COc1cc(Nc2c(C#N)cnc3cc(OCCCN4CCN(C(=O)CCCCCCCOc5cccc6c5C(O)N(C5CCC(=O)NC5=O)C6=O)CC4)c(OC)cc23)c(Cl)cc1Cl. The number of carbonyl (C=O) groups is 4. The molecule has 2 unspecified atom stereocenters. The van der Waals surface area contributed by atoms with Crippen molar-refractivity contribution in [3.05, 3.63) is 75.4 Å². The number of aliphatic hydroxyl groups excluding tert-OH is 1. The quantitative estimate of drug-likeness (QED) is 0.0660. The molecule has 338 valence electrons. The van der Waals surface area contributed by atoms with Crippen molar-refractivity contribution in [2.75, 3.05) is 65.5 Å². The first kappa shape index (κ1) is 46.1. The van der Waals surface area contributed by atoms with E-state index in [0.717, 1.165) is 63.1 Å². The van der Waals surface area contributed by atoms with E-state index in [0.29, 0.717) is 99.2 Å². The fourth-order valence-corrected chi connectivity index (χ4v) is 8.83. The van der Waals surface area contributed by atoms with Gasteiger partial charge in [-0.25, -0.2) is 0 Å². The number of piperidine rings is 1. The highest BCUT2D eigenvalue weighted by molar-refractivity contribution is 6.37. The van der Waals surface area contributed by atoms with E-state index < -0.39 is 30.0 Å². The number of unbranched alkanes of at least 4 members (excludes halogenated alkanes) is 4. The van der Waals surface area contributed by atoms with Crippen LogP contribution < -0.4 is 29.6 Å². The van der Waals surface area contributed by atoms with Gasteiger partial charge in [0.05, 0.1) is 71.1 Å². The number of amides is 4. The molecule has 0 radical (unpaired) electrons. The van der Waals surface area contributed by atoms with Gasteiger partial charge >= 0.3 is 0 Å². The molecular formula is C46H51Cl2N7O9. The van der Waals surface area contributed by atoms with Crippen molar-refractivity contribution in [2.24, 2.45) is 0 Å². The van der Waals surface area contributed by atoms with Gasteiger partial charge in [-0.3, -0.25) is 39.3 Å². The number of nitrogens with zero attached hydrogens (tertiary/aromatic N) is 5. The summed E-state index contributed by atoms with van der Waals surface area (Å²) in [6, 6.07) is 13.1. The Balaban J connectivity index is 0.789. The Morgan fingerprint density at radius 2 is 1.64 bits per heavy atom. The van der Waals surface area contributed by atoms with Gasteiger partial charge in [-0.05, 0) is 49.9 Å². The minimum atomic E-state index is -1.34. The van der Waals surface area contributed by atoms with E-state index in [-0.39, 0.29) is 24.3 Å². The number of methoxy groups -OCH3 is 2. The summed E-state index contributed by atoms with van der Waals surface area (Å²) >= 11 is 12.7. The van der Waals surface area contributed by atoms with Crippen molar-refractivity contribution in [3.63, 3.8) is 0 Å². The van der Waals surface area contributed by atoms with E-state index in [9.17, 15) is 29.5 Å². The number of carbonyl (C=O) groups excluding carboxylic acids is 4. The third-order valence-corrected chi connectivity index (χ3v) is 12.4. The van der Waals surface area contributed by atoms with Crippen LogP contribution in [0.3, 0.4) is 0 Å². The van der Waals surface area contributed by atoms with Crippen molar-refractivity contribution in [2.45, 2.75) is 70.1 Å². The summed E-state index contributed by atoms with van der Waals surface area (Å²) in [6.45, 7) is 4.61. The van der Waals surface area contributed by atoms with Gasteiger partial charge in [-0.15, -0.1) is 0 Å². The zero-order chi connectivity index (χ0) is 45.3. The van der Waals surface area contributed by atoms with E-state index in [1.807, 2.05) is 4.90 Å². The fourth-order valence-electron chi connectivity index (χ4n) is 8.32. The number of fused-ring (bicyclic) bond motifs is 2. The number of aromatic nitrogens is 1. The Kier molecular flexibility index (Phi) is 15.3. The second-order valence-electron chi connectivity index (χ2n) is 15.8. The molecule has 3 N–H and O–H groups in total. The third-order valence-electron chi connectivity index (χ3n) is 11.8. The normalized spacial score (nSPS) is 17.5. The second kappa shape index (κ2) is 21.2. The zero-order valence-corrected chi connectivity index (χ0v) is 37.3. The first-order chi connectivity index (χ1) is 31.0. The van der Waals surface area contributed by atoms with Gasteiger partial charge in [-0.2, -0.15) is 5.26 Å². The highest BCUT2D eigenvalue weighted by Gasteiger charge is 2.45. The summed E-state index contributed by atoms with van der Waals surface area (Å²) in [5, 5.41) is 27.8. The molecule has 0 spiro atoms. The van der Waals surface area contributed by atoms with E-state index in [2.05, 4.69) is 26.6 Å². The van der Waals surface area contributed by atoms with Gasteiger partial charge in [0.2, 0.25) is 17.7 Å². The van der Waals surface area contributed by atoms with E-state index in [1.54, 1.807) is 49.6 Å². The molecule has 2 fully saturated rings. The van der Waals surface area contributed by atoms with Crippen molar-refractivity contribution >= 4 is 69.1 Å². The predicted octanol–water partition coefficient (Wildman–Crippen LogP) is 6.76. The van der Waals surface area contributed by atoms with Crippen LogP contribution in [-0.4, -0.2) is 115 Å². The van der Waals surface area contributed by atoms with Gasteiger partial charge in [0.15, 0.2) is 17.7 Å². The van der Waals surface area contributed by atoms with Crippen LogP contribution >= 0.6 is 23.2 Å². The minimum absolute atomic E-state index is 0.0959. The molecule has 0 bridgehead atoms. The Morgan fingerprint density at radius 1 is 0.906 bits per heavy atom. The summed E-state index contributed by atoms with van der Waals surface area (Å²) in [7, 11) is 3.07. The van der Waals surface area contributed by atoms with Crippen molar-refractivity contribution < 1.29 is 43.2 Å². The monoisotopic (exact) mass is 915 g/mol. The molecule has 64 heavy (non-hydrogen) atoms. The molecule has 1 aromatic heterocycles. The number of nitrogens with one attached hydrogen (secondary N) is 2. The Morgan fingerprint density at radius 3 is 2.39 bits per heavy atom. The minimum Gasteiger partial charge on any atom is -0.495 e. The molecule has 18 heteroatoms. The van der Waals surface area contributed by atoms with E-state index in [1.165, 1.54) is 13.3 Å². The first-order valence-corrected chi connectivity index (χ1v) is 22.2. The van der Waals surface area contributed by atoms with Crippen LogP contribution in [0.1, 0.15) is 85.5 Å². The number of anilines is 2. The number of halogens is 2. The van der Waals surface area contributed by atoms with Crippen molar-refractivity contribution in [3.8, 4) is 29.1 Å². The zero-order valence-electron chi connectivity index (χ0n) is 35.8. The van der Waals surface area contributed by atoms with Gasteiger partial charge in [0.1, 0.15) is 23.6 Å². The van der Waals surface area contributed by atoms with Crippen LogP contribution in [0.15, 0.2) is 48.7 Å². The Bertz CT molecular complexity index is 2440. The topological polar surface area (TPSA) is 196 Å². The summed E-state index contributed by atoms with van der Waals surface area (Å²) < 4.78 is 23.2. The number of aliphatic hydroxyl groups is 1. The maximum absolute atomic E-state index is 13.1. The molecule has 3 aliphatic rings. The number of benzene rings is 3. The molecule has 2 saturated heterocycles. The number of piperazine rings is 1. The van der Waals surface area contributed by atoms with Crippen molar-refractivity contribution in [1.82, 2.24) is 25.0 Å². The van der Waals surface area contributed by atoms with Crippen LogP contribution in [0, 0.1) is 11.3 Å². The third kappa shape index (κ3) is 10.4. The predicted molar refractivity (Wildman–Crippen MR) is 239 cm³/mol. The molecule has 4 aromatic rings. The maximum atomic E-state index is 13.1. The van der Waals surface area contributed by atoms with Crippen LogP contribution in [0.4, 0.5) is 11.4 Å². The second-order valence-corrected chi connectivity index (χ2v) is 16.6. The van der Waals surface area contributed by atoms with Crippen molar-refractivity contribution in [1.29, 1.82) is 5.26 Å². The molecule has 4 heterocycles. The number of hydrogen-bond acceptors (Lipinski definition) is 13. The number of pyridine rings is 1. The number of nitriles is 1. The smallest absolute Gasteiger partial charge is 0.257 e. The molecule has 3 aliphatic heterocycles. The van der Waals surface area contributed by atoms with Crippen LogP contribution in [0.2, 0.25) is 10.0 Å². The standard InChI is InChI=1S/C46H51Cl2N7O9/c1-61-37-25-34(31(47)23-32(37)48)51-43-28(26-49)27-50-33-24-39(38(62-2)22-30(33)43)64-21-9-15-53-16-18-54(19-17-53)41(57)12-6-4-3-5-7-20-63-36-11-8-10-29-42(36)46(60)55(45(29)59)35-13-14-40(56)52-44(35)58/h8,10-11,22-25,27,35,46,60H,3-7,9,12-21H2,1-2H3,(H,50,51)(H,52,56,58). The lowest BCUT2D eigenvalue weighted by Crippen LogP contribution is -2.53. The molecule has 3 aromatic carbocycles. The molecule has 2 atom stereocenters. The lowest BCUT2D eigenvalue weighted by atomic mass is 10.0. The Hall–Kier alpha value is -5.86. The molecular weight excluding hydrogens is 865 g/mol. The number of imide groups is 1. The van der Waals surface area contributed by atoms with Gasteiger partial charge < -0.3 is 34.3 Å². The summed E-state index contributed by atoms with van der Waals surface area (Å²) in [5.41, 5.74) is 2.54. The van der Waals surface area contributed by atoms with Crippen LogP contribution in [-0.2, 0) is 14.4 Å². The largest absolute Gasteiger partial charge is 0.495 e. The number of hydrogen-bond donors (Lipinski definition) is 3. The molecule has 4 amide bonds.